The Bertz CT molecular complexity index is 992. The third-order valence-corrected chi connectivity index (χ3v) is 6.46. The van der Waals surface area contributed by atoms with E-state index in [1.165, 1.54) is 35.2 Å². The van der Waals surface area contributed by atoms with Crippen LogP contribution in [0.25, 0.3) is 0 Å². The second-order valence-corrected chi connectivity index (χ2v) is 8.89. The van der Waals surface area contributed by atoms with Crippen molar-refractivity contribution in [1.82, 2.24) is 15.5 Å². The predicted molar refractivity (Wildman–Crippen MR) is 112 cm³/mol. The first kappa shape index (κ1) is 19.7. The highest BCUT2D eigenvalue weighted by Gasteiger charge is 2.30. The van der Waals surface area contributed by atoms with Gasteiger partial charge < -0.3 is 15.4 Å². The minimum absolute atomic E-state index is 0.0957. The number of nitrogens with one attached hydrogen (secondary N) is 2. The van der Waals surface area contributed by atoms with Crippen molar-refractivity contribution in [3.63, 3.8) is 0 Å². The molecule has 1 heterocycles. The number of thioether (sulfide) groups is 1. The van der Waals surface area contributed by atoms with E-state index in [0.29, 0.717) is 9.47 Å². The fraction of sp³-hybridized carbons (Fsp3) is 0.250. The number of nitrogens with zero attached hydrogens (tertiary/aromatic N) is 2. The summed E-state index contributed by atoms with van der Waals surface area (Å²) in [5.74, 6) is 0.310. The van der Waals surface area contributed by atoms with Crippen molar-refractivity contribution in [1.29, 1.82) is 0 Å². The summed E-state index contributed by atoms with van der Waals surface area (Å²) in [6.07, 6.45) is 2.00. The third-order valence-electron chi connectivity index (χ3n) is 4.28. The first-order valence-electron chi connectivity index (χ1n) is 9.08. The number of hydrogen-bond donors (Lipinski definition) is 2. The van der Waals surface area contributed by atoms with Gasteiger partial charge >= 0.3 is 0 Å². The summed E-state index contributed by atoms with van der Waals surface area (Å²) in [5.41, 5.74) is 1.56. The van der Waals surface area contributed by atoms with Gasteiger partial charge in [-0.2, -0.15) is 0 Å². The SMILES string of the molecule is COc1cccc(Nc2nnc(SC(C(=O)NC3CC3)c3ccc(F)cc3)s2)c1. The van der Waals surface area contributed by atoms with E-state index in [2.05, 4.69) is 20.8 Å². The molecule has 0 aliphatic heterocycles. The summed E-state index contributed by atoms with van der Waals surface area (Å²) in [7, 11) is 1.61. The van der Waals surface area contributed by atoms with Crippen LogP contribution in [0.2, 0.25) is 0 Å². The van der Waals surface area contributed by atoms with Crippen LogP contribution in [0.1, 0.15) is 23.7 Å². The molecule has 1 aromatic heterocycles. The Kier molecular flexibility index (Phi) is 5.96. The number of halogens is 1. The monoisotopic (exact) mass is 430 g/mol. The van der Waals surface area contributed by atoms with Crippen LogP contribution in [-0.2, 0) is 4.79 Å². The maximum atomic E-state index is 13.3. The smallest absolute Gasteiger partial charge is 0.238 e. The molecule has 4 rings (SSSR count). The maximum Gasteiger partial charge on any atom is 0.238 e. The number of ether oxygens (including phenoxy) is 1. The van der Waals surface area contributed by atoms with Gasteiger partial charge in [-0.15, -0.1) is 10.2 Å². The van der Waals surface area contributed by atoms with E-state index in [9.17, 15) is 9.18 Å². The molecule has 2 N–H and O–H groups in total. The van der Waals surface area contributed by atoms with E-state index in [0.717, 1.165) is 29.8 Å². The molecule has 1 aliphatic rings. The van der Waals surface area contributed by atoms with Gasteiger partial charge in [-0.05, 0) is 42.7 Å². The Morgan fingerprint density at radius 1 is 1.24 bits per heavy atom. The van der Waals surface area contributed by atoms with Gasteiger partial charge in [0.2, 0.25) is 11.0 Å². The largest absolute Gasteiger partial charge is 0.497 e. The molecule has 6 nitrogen and oxygen atoms in total. The van der Waals surface area contributed by atoms with Crippen molar-refractivity contribution in [3.05, 3.63) is 59.9 Å². The van der Waals surface area contributed by atoms with Crippen molar-refractivity contribution in [2.45, 2.75) is 28.5 Å². The molecule has 2 aromatic carbocycles. The lowest BCUT2D eigenvalue weighted by molar-refractivity contribution is -0.120. The zero-order valence-corrected chi connectivity index (χ0v) is 17.2. The number of benzene rings is 2. The molecule has 1 fully saturated rings. The van der Waals surface area contributed by atoms with Gasteiger partial charge in [0.15, 0.2) is 4.34 Å². The van der Waals surface area contributed by atoms with E-state index in [1.807, 2.05) is 24.3 Å². The molecule has 1 amide bonds. The lowest BCUT2D eigenvalue weighted by Crippen LogP contribution is -2.29. The Balaban J connectivity index is 1.49. The van der Waals surface area contributed by atoms with E-state index < -0.39 is 5.25 Å². The number of carbonyl (C=O) groups is 1. The highest BCUT2D eigenvalue weighted by atomic mass is 32.2. The summed E-state index contributed by atoms with van der Waals surface area (Å²) in [4.78, 5) is 12.8. The number of anilines is 2. The molecule has 1 aliphatic carbocycles. The van der Waals surface area contributed by atoms with Crippen LogP contribution in [0.4, 0.5) is 15.2 Å². The van der Waals surface area contributed by atoms with Crippen LogP contribution in [-0.4, -0.2) is 29.3 Å². The Hall–Kier alpha value is -2.65. The molecule has 29 heavy (non-hydrogen) atoms. The van der Waals surface area contributed by atoms with Gasteiger partial charge in [-0.25, -0.2) is 4.39 Å². The first-order valence-corrected chi connectivity index (χ1v) is 10.8. The van der Waals surface area contributed by atoms with Crippen molar-refractivity contribution in [3.8, 4) is 5.75 Å². The second-order valence-electron chi connectivity index (χ2n) is 6.56. The van der Waals surface area contributed by atoms with Gasteiger partial charge in [0.05, 0.1) is 7.11 Å². The molecular weight excluding hydrogens is 411 g/mol. The van der Waals surface area contributed by atoms with E-state index in [4.69, 9.17) is 4.74 Å². The zero-order chi connectivity index (χ0) is 20.2. The molecular formula is C20H19FN4O2S2. The maximum absolute atomic E-state index is 13.3. The molecule has 0 spiro atoms. The standard InChI is InChI=1S/C20H19FN4O2S2/c1-27-16-4-2-3-15(11-16)23-19-24-25-20(29-19)28-17(18(26)22-14-9-10-14)12-5-7-13(21)8-6-12/h2-8,11,14,17H,9-10H2,1H3,(H,22,26)(H,23,24). The zero-order valence-electron chi connectivity index (χ0n) is 15.6. The van der Waals surface area contributed by atoms with E-state index in [1.54, 1.807) is 19.2 Å². The highest BCUT2D eigenvalue weighted by molar-refractivity contribution is 8.01. The van der Waals surface area contributed by atoms with Gasteiger partial charge in [0, 0.05) is 17.8 Å². The minimum atomic E-state index is -0.520. The van der Waals surface area contributed by atoms with Gasteiger partial charge in [-0.3, -0.25) is 4.79 Å². The second kappa shape index (κ2) is 8.79. The average molecular weight is 431 g/mol. The average Bonchev–Trinajstić information content (AvgIpc) is 3.44. The lowest BCUT2D eigenvalue weighted by atomic mass is 10.1. The quantitative estimate of drug-likeness (QED) is 0.511. The molecule has 9 heteroatoms. The van der Waals surface area contributed by atoms with Crippen LogP contribution < -0.4 is 15.4 Å². The number of aromatic nitrogens is 2. The number of amides is 1. The number of methoxy groups -OCH3 is 1. The molecule has 1 saturated carbocycles. The summed E-state index contributed by atoms with van der Waals surface area (Å²) >= 11 is 2.66. The van der Waals surface area contributed by atoms with E-state index >= 15 is 0 Å². The number of carbonyl (C=O) groups excluding carboxylic acids is 1. The summed E-state index contributed by atoms with van der Waals surface area (Å²) in [6.45, 7) is 0. The van der Waals surface area contributed by atoms with Crippen molar-refractivity contribution < 1.29 is 13.9 Å². The van der Waals surface area contributed by atoms with Crippen molar-refractivity contribution in [2.75, 3.05) is 12.4 Å². The number of rotatable bonds is 8. The first-order chi connectivity index (χ1) is 14.1. The summed E-state index contributed by atoms with van der Waals surface area (Å²) in [6, 6.07) is 13.7. The topological polar surface area (TPSA) is 76.1 Å². The predicted octanol–water partition coefficient (Wildman–Crippen LogP) is 4.54. The third kappa shape index (κ3) is 5.24. The molecule has 0 radical (unpaired) electrons. The molecule has 0 saturated heterocycles. The van der Waals surface area contributed by atoms with Gasteiger partial charge in [0.1, 0.15) is 16.8 Å². The van der Waals surface area contributed by atoms with Crippen LogP contribution in [0.5, 0.6) is 5.75 Å². The molecule has 150 valence electrons. The van der Waals surface area contributed by atoms with Gasteiger partial charge in [-0.1, -0.05) is 41.3 Å². The summed E-state index contributed by atoms with van der Waals surface area (Å²) < 4.78 is 19.2. The fourth-order valence-corrected chi connectivity index (χ4v) is 4.62. The van der Waals surface area contributed by atoms with Crippen LogP contribution in [0, 0.1) is 5.82 Å². The van der Waals surface area contributed by atoms with Crippen molar-refractivity contribution in [2.24, 2.45) is 0 Å². The minimum Gasteiger partial charge on any atom is -0.497 e. The molecule has 3 aromatic rings. The Labute approximate surface area is 175 Å². The van der Waals surface area contributed by atoms with Gasteiger partial charge in [0.25, 0.3) is 0 Å². The molecule has 0 bridgehead atoms. The Morgan fingerprint density at radius 3 is 2.76 bits per heavy atom. The van der Waals surface area contributed by atoms with Crippen molar-refractivity contribution >= 4 is 39.8 Å². The van der Waals surface area contributed by atoms with E-state index in [-0.39, 0.29) is 17.8 Å². The molecule has 1 unspecified atom stereocenters. The number of hydrogen-bond acceptors (Lipinski definition) is 7. The highest BCUT2D eigenvalue weighted by Crippen LogP contribution is 2.39. The van der Waals surface area contributed by atoms with Crippen LogP contribution >= 0.6 is 23.1 Å². The van der Waals surface area contributed by atoms with Crippen LogP contribution in [0.3, 0.4) is 0 Å². The van der Waals surface area contributed by atoms with Crippen LogP contribution in [0.15, 0.2) is 52.9 Å². The summed E-state index contributed by atoms with van der Waals surface area (Å²) in [5, 5.41) is 14.7. The lowest BCUT2D eigenvalue weighted by Gasteiger charge is -2.15. The fourth-order valence-electron chi connectivity index (χ4n) is 2.65. The molecule has 1 atom stereocenters. The Morgan fingerprint density at radius 2 is 2.03 bits per heavy atom. The normalized spacial score (nSPS) is 14.3.